The smallest absolute Gasteiger partial charge is 0.352 e. The first-order valence-electron chi connectivity index (χ1n) is 10.4. The number of anilines is 1. The first-order chi connectivity index (χ1) is 16.9. The number of thioether (sulfide) groups is 1. The van der Waals surface area contributed by atoms with Crippen molar-refractivity contribution in [2.45, 2.75) is 11.4 Å². The predicted molar refractivity (Wildman–Crippen MR) is 129 cm³/mol. The molecule has 4 aliphatic rings. The van der Waals surface area contributed by atoms with Crippen LogP contribution in [0.2, 0.25) is 0 Å². The molecule has 182 valence electrons. The first-order valence-corrected chi connectivity index (χ1v) is 12.3. The summed E-state index contributed by atoms with van der Waals surface area (Å²) in [4.78, 5) is 56.2. The number of aliphatic imine (C=N–C) groups is 1. The summed E-state index contributed by atoms with van der Waals surface area (Å²) >= 11 is 2.51. The quantitative estimate of drug-likeness (QED) is 0.251. The maximum absolute atomic E-state index is 13.0. The van der Waals surface area contributed by atoms with Gasteiger partial charge in [-0.15, -0.1) is 23.1 Å². The lowest BCUT2D eigenvalue weighted by Gasteiger charge is -2.49. The van der Waals surface area contributed by atoms with Crippen molar-refractivity contribution in [1.82, 2.24) is 25.0 Å². The molecule has 0 aromatic carbocycles. The average Bonchev–Trinajstić information content (AvgIpc) is 3.46. The molecule has 4 N–H and O–H groups in total. The highest BCUT2D eigenvalue weighted by molar-refractivity contribution is 8.00. The van der Waals surface area contributed by atoms with Crippen LogP contribution in [0.4, 0.5) is 5.13 Å². The van der Waals surface area contributed by atoms with E-state index < -0.39 is 29.2 Å². The minimum Gasteiger partial charge on any atom is -0.477 e. The maximum Gasteiger partial charge on any atom is 0.352 e. The van der Waals surface area contributed by atoms with Crippen LogP contribution in [0.1, 0.15) is 5.69 Å². The minimum atomic E-state index is -1.20. The number of nitrogens with zero attached hydrogens (tertiary/aromatic N) is 6. The lowest BCUT2D eigenvalue weighted by atomic mass is 10.0. The van der Waals surface area contributed by atoms with Gasteiger partial charge in [-0.25, -0.2) is 14.8 Å². The van der Waals surface area contributed by atoms with E-state index in [1.54, 1.807) is 11.6 Å². The van der Waals surface area contributed by atoms with Gasteiger partial charge in [-0.1, -0.05) is 5.16 Å². The monoisotopic (exact) mass is 516 g/mol. The van der Waals surface area contributed by atoms with Crippen molar-refractivity contribution in [3.63, 3.8) is 0 Å². The van der Waals surface area contributed by atoms with Crippen molar-refractivity contribution in [3.8, 4) is 0 Å². The highest BCUT2D eigenvalue weighted by Crippen LogP contribution is 2.40. The summed E-state index contributed by atoms with van der Waals surface area (Å²) in [5.74, 6) is -1.32. The molecule has 0 aliphatic carbocycles. The second-order valence-corrected chi connectivity index (χ2v) is 9.70. The molecular weight excluding hydrogens is 496 g/mol. The Morgan fingerprint density at radius 2 is 2.23 bits per heavy atom. The third-order valence-corrected chi connectivity index (χ3v) is 7.61. The number of thiazole rings is 1. The number of oxime groups is 1. The van der Waals surface area contributed by atoms with E-state index in [1.165, 1.54) is 23.8 Å². The molecule has 5 heterocycles. The number of nitrogens with one attached hydrogen (secondary N) is 1. The molecule has 1 fully saturated rings. The molecule has 0 saturated carbocycles. The largest absolute Gasteiger partial charge is 0.477 e. The molecule has 2 amide bonds. The number of guanidine groups is 1. The van der Waals surface area contributed by atoms with Crippen molar-refractivity contribution < 1.29 is 24.3 Å². The molecule has 1 saturated heterocycles. The Bertz CT molecular complexity index is 1250. The molecule has 4 aliphatic heterocycles. The fraction of sp³-hybridized carbons (Fsp3) is 0.300. The van der Waals surface area contributed by atoms with Crippen LogP contribution in [0.5, 0.6) is 0 Å². The summed E-state index contributed by atoms with van der Waals surface area (Å²) in [5, 5.41) is 17.5. The number of carboxylic acid groups (broad SMARTS) is 1. The van der Waals surface area contributed by atoms with Crippen LogP contribution in [0, 0.1) is 0 Å². The van der Waals surface area contributed by atoms with E-state index in [0.717, 1.165) is 11.3 Å². The number of carbonyl (C=O) groups is 3. The molecule has 15 heteroatoms. The molecule has 13 nitrogen and oxygen atoms in total. The summed E-state index contributed by atoms with van der Waals surface area (Å²) < 4.78 is 0. The van der Waals surface area contributed by atoms with Gasteiger partial charge < -0.3 is 30.8 Å². The highest BCUT2D eigenvalue weighted by Gasteiger charge is 2.54. The number of aromatic nitrogens is 1. The van der Waals surface area contributed by atoms with Crippen LogP contribution >= 0.6 is 23.1 Å². The summed E-state index contributed by atoms with van der Waals surface area (Å²) in [6.07, 6.45) is 7.33. The number of nitrogen functional groups attached to an aromatic ring is 1. The number of rotatable bonds is 7. The van der Waals surface area contributed by atoms with E-state index in [-0.39, 0.29) is 28.8 Å². The Morgan fingerprint density at radius 1 is 1.40 bits per heavy atom. The minimum absolute atomic E-state index is 0.0684. The van der Waals surface area contributed by atoms with Crippen molar-refractivity contribution in [2.24, 2.45) is 10.1 Å². The standard InChI is InChI=1S/C20H20N8O5S2/c1-33-25-12(11-9-35-19(21)23-11)15(29)24-13-16(30)28-14(18(31)32)10(8-34-17(13)28)7-27-6-5-26-4-2-3-22-20(26)27/h2-3,5-6,9,13,17H,4,7-8H2,1H3,(H2,21,23)(H,24,29)(H,31,32)/b25-12-/t13-,17+/m1/s1. The van der Waals surface area contributed by atoms with Crippen LogP contribution in [0.25, 0.3) is 0 Å². The van der Waals surface area contributed by atoms with Crippen LogP contribution < -0.4 is 11.1 Å². The number of carboxylic acids is 1. The zero-order chi connectivity index (χ0) is 24.7. The van der Waals surface area contributed by atoms with Gasteiger partial charge in [0.05, 0.1) is 0 Å². The number of fused-ring (bicyclic) bond motifs is 2. The molecular formula is C20H20N8O5S2. The van der Waals surface area contributed by atoms with Gasteiger partial charge in [0, 0.05) is 42.8 Å². The SMILES string of the molecule is CO/N=C(\C(=O)N[C@@H]1C(=O)N2C(C(=O)O)=C(CN3C=CN4CC=CN=C43)CS[C@@H]12)c1csc(N)n1. The van der Waals surface area contributed by atoms with Crippen LogP contribution in [0.15, 0.2) is 51.5 Å². The van der Waals surface area contributed by atoms with Crippen LogP contribution in [-0.4, -0.2) is 91.6 Å². The maximum atomic E-state index is 13.0. The molecule has 5 rings (SSSR count). The van der Waals surface area contributed by atoms with Crippen molar-refractivity contribution in [2.75, 3.05) is 31.7 Å². The normalized spacial score (nSPS) is 23.1. The Labute approximate surface area is 207 Å². The number of aliphatic carboxylic acids is 1. The van der Waals surface area contributed by atoms with E-state index in [9.17, 15) is 19.5 Å². The Balaban J connectivity index is 1.33. The number of hydrogen-bond acceptors (Lipinski definition) is 12. The van der Waals surface area contributed by atoms with E-state index in [4.69, 9.17) is 10.6 Å². The van der Waals surface area contributed by atoms with E-state index in [1.807, 2.05) is 28.3 Å². The number of carbonyl (C=O) groups excluding carboxylic acids is 2. The van der Waals surface area contributed by atoms with Crippen molar-refractivity contribution >= 4 is 57.7 Å². The fourth-order valence-corrected chi connectivity index (χ4v) is 5.95. The number of hydrogen-bond donors (Lipinski definition) is 3. The summed E-state index contributed by atoms with van der Waals surface area (Å²) in [6.45, 7) is 0.957. The van der Waals surface area contributed by atoms with Gasteiger partial charge in [-0.3, -0.25) is 14.5 Å². The van der Waals surface area contributed by atoms with Gasteiger partial charge in [0.15, 0.2) is 10.8 Å². The van der Waals surface area contributed by atoms with E-state index >= 15 is 0 Å². The summed E-state index contributed by atoms with van der Waals surface area (Å²) in [5.41, 5.74) is 6.25. The number of nitrogens with two attached hydrogens (primary N) is 1. The molecule has 0 bridgehead atoms. The fourth-order valence-electron chi connectivity index (χ4n) is 4.07. The summed E-state index contributed by atoms with van der Waals surface area (Å²) in [7, 11) is 1.28. The van der Waals surface area contributed by atoms with E-state index in [2.05, 4.69) is 20.4 Å². The lowest BCUT2D eigenvalue weighted by molar-refractivity contribution is -0.150. The Kier molecular flexibility index (Phi) is 5.94. The first kappa shape index (κ1) is 22.9. The zero-order valence-corrected chi connectivity index (χ0v) is 20.0. The van der Waals surface area contributed by atoms with Gasteiger partial charge in [-0.05, 0) is 11.6 Å². The van der Waals surface area contributed by atoms with Crippen LogP contribution in [-0.2, 0) is 19.2 Å². The van der Waals surface area contributed by atoms with E-state index in [0.29, 0.717) is 23.8 Å². The van der Waals surface area contributed by atoms with Gasteiger partial charge in [-0.2, -0.15) is 0 Å². The third-order valence-electron chi connectivity index (χ3n) is 5.60. The Hall–Kier alpha value is -3.85. The van der Waals surface area contributed by atoms with Crippen molar-refractivity contribution in [3.05, 3.63) is 47.0 Å². The molecule has 1 aromatic heterocycles. The Morgan fingerprint density at radius 3 is 2.94 bits per heavy atom. The van der Waals surface area contributed by atoms with Gasteiger partial charge in [0.2, 0.25) is 5.96 Å². The number of amides is 2. The van der Waals surface area contributed by atoms with Gasteiger partial charge in [0.25, 0.3) is 11.8 Å². The molecule has 0 spiro atoms. The lowest BCUT2D eigenvalue weighted by Crippen LogP contribution is -2.71. The predicted octanol–water partition coefficient (Wildman–Crippen LogP) is -0.213. The van der Waals surface area contributed by atoms with Gasteiger partial charge >= 0.3 is 5.97 Å². The number of β-lactam (4-membered cyclic amide) rings is 1. The summed E-state index contributed by atoms with van der Waals surface area (Å²) in [6, 6.07) is -0.920. The van der Waals surface area contributed by atoms with Gasteiger partial charge in [0.1, 0.15) is 29.9 Å². The second kappa shape index (κ2) is 9.07. The molecule has 2 atom stereocenters. The average molecular weight is 517 g/mol. The molecule has 35 heavy (non-hydrogen) atoms. The topological polar surface area (TPSA) is 166 Å². The molecule has 0 unspecified atom stereocenters. The molecule has 0 radical (unpaired) electrons. The van der Waals surface area contributed by atoms with Crippen molar-refractivity contribution in [1.29, 1.82) is 0 Å². The van der Waals surface area contributed by atoms with Crippen LogP contribution in [0.3, 0.4) is 0 Å². The molecule has 1 aromatic rings. The second-order valence-electron chi connectivity index (χ2n) is 7.70. The highest BCUT2D eigenvalue weighted by atomic mass is 32.2. The zero-order valence-electron chi connectivity index (χ0n) is 18.3. The third kappa shape index (κ3) is 4.01.